The van der Waals surface area contributed by atoms with E-state index in [1.807, 2.05) is 0 Å². The second-order valence-corrected chi connectivity index (χ2v) is 4.10. The van der Waals surface area contributed by atoms with Crippen molar-refractivity contribution in [2.75, 3.05) is 13.1 Å². The van der Waals surface area contributed by atoms with Crippen LogP contribution >= 0.6 is 0 Å². The lowest BCUT2D eigenvalue weighted by molar-refractivity contribution is -0.154. The average molecular weight is 201 g/mol. The fourth-order valence-electron chi connectivity index (χ4n) is 1.73. The van der Waals surface area contributed by atoms with E-state index in [4.69, 9.17) is 10.2 Å². The number of carbonyl (C=O) groups is 2. The molecule has 1 amide bonds. The van der Waals surface area contributed by atoms with E-state index in [1.54, 1.807) is 13.8 Å². The van der Waals surface area contributed by atoms with Crippen molar-refractivity contribution in [1.82, 2.24) is 4.90 Å². The molecule has 0 aromatic carbocycles. The van der Waals surface area contributed by atoms with Crippen molar-refractivity contribution in [3.8, 4) is 0 Å². The van der Waals surface area contributed by atoms with Crippen LogP contribution in [0, 0.1) is 11.3 Å². The van der Waals surface area contributed by atoms with Crippen LogP contribution in [0.2, 0.25) is 0 Å². The minimum Gasteiger partial charge on any atom is -0.481 e. The van der Waals surface area contributed by atoms with Gasteiger partial charge in [0.15, 0.2) is 0 Å². The summed E-state index contributed by atoms with van der Waals surface area (Å²) in [6, 6.07) is 0. The standard InChI is InChI=1S/C9H15NO4/c1-6-5-10(8(13)14)4-3-9(6,2)7(11)12/h6H,3-5H2,1-2H3,(H,11,12)(H,13,14). The first-order valence-corrected chi connectivity index (χ1v) is 4.59. The van der Waals surface area contributed by atoms with E-state index in [-0.39, 0.29) is 5.92 Å². The molecule has 2 atom stereocenters. The summed E-state index contributed by atoms with van der Waals surface area (Å²) < 4.78 is 0. The first-order chi connectivity index (χ1) is 6.38. The van der Waals surface area contributed by atoms with E-state index in [1.165, 1.54) is 4.90 Å². The maximum Gasteiger partial charge on any atom is 0.407 e. The van der Waals surface area contributed by atoms with Gasteiger partial charge < -0.3 is 15.1 Å². The van der Waals surface area contributed by atoms with Crippen molar-refractivity contribution in [3.05, 3.63) is 0 Å². The van der Waals surface area contributed by atoms with Crippen molar-refractivity contribution in [1.29, 1.82) is 0 Å². The highest BCUT2D eigenvalue weighted by Crippen LogP contribution is 2.36. The zero-order valence-corrected chi connectivity index (χ0v) is 8.36. The van der Waals surface area contributed by atoms with E-state index in [9.17, 15) is 9.59 Å². The maximum absolute atomic E-state index is 11.0. The first-order valence-electron chi connectivity index (χ1n) is 4.59. The molecule has 1 saturated heterocycles. The predicted octanol–water partition coefficient (Wildman–Crippen LogP) is 1.10. The average Bonchev–Trinajstić information content (AvgIpc) is 2.09. The minimum absolute atomic E-state index is 0.148. The first kappa shape index (κ1) is 10.8. The molecule has 14 heavy (non-hydrogen) atoms. The third-order valence-corrected chi connectivity index (χ3v) is 3.24. The number of carboxylic acids is 1. The molecule has 2 N–H and O–H groups in total. The van der Waals surface area contributed by atoms with Crippen molar-refractivity contribution < 1.29 is 19.8 Å². The maximum atomic E-state index is 11.0. The van der Waals surface area contributed by atoms with Gasteiger partial charge in [0.05, 0.1) is 5.41 Å². The summed E-state index contributed by atoms with van der Waals surface area (Å²) in [6.45, 7) is 4.07. The van der Waals surface area contributed by atoms with Crippen molar-refractivity contribution >= 4 is 12.1 Å². The Morgan fingerprint density at radius 1 is 1.43 bits per heavy atom. The van der Waals surface area contributed by atoms with Gasteiger partial charge in [-0.2, -0.15) is 0 Å². The van der Waals surface area contributed by atoms with Crippen LogP contribution in [0.15, 0.2) is 0 Å². The molecule has 1 heterocycles. The molecule has 5 nitrogen and oxygen atoms in total. The van der Waals surface area contributed by atoms with Crippen LogP contribution in [-0.2, 0) is 4.79 Å². The predicted molar refractivity (Wildman–Crippen MR) is 49.1 cm³/mol. The molecular weight excluding hydrogens is 186 g/mol. The Bertz CT molecular complexity index is 266. The van der Waals surface area contributed by atoms with Gasteiger partial charge in [-0.25, -0.2) is 4.79 Å². The van der Waals surface area contributed by atoms with Gasteiger partial charge in [0.1, 0.15) is 0 Å². The van der Waals surface area contributed by atoms with E-state index in [2.05, 4.69) is 0 Å². The number of rotatable bonds is 1. The molecular formula is C9H15NO4. The zero-order valence-electron chi connectivity index (χ0n) is 8.36. The molecule has 0 radical (unpaired) electrons. The molecule has 1 aliphatic heterocycles. The molecule has 0 aromatic rings. The lowest BCUT2D eigenvalue weighted by Crippen LogP contribution is -2.50. The summed E-state index contributed by atoms with van der Waals surface area (Å²) in [4.78, 5) is 22.9. The molecule has 0 saturated carbocycles. The molecule has 2 unspecified atom stereocenters. The Labute approximate surface area is 82.3 Å². The molecule has 0 aromatic heterocycles. The topological polar surface area (TPSA) is 77.8 Å². The Kier molecular flexibility index (Phi) is 2.69. The second-order valence-electron chi connectivity index (χ2n) is 4.10. The molecule has 0 bridgehead atoms. The highest BCUT2D eigenvalue weighted by atomic mass is 16.4. The lowest BCUT2D eigenvalue weighted by Gasteiger charge is -2.40. The van der Waals surface area contributed by atoms with Gasteiger partial charge >= 0.3 is 12.1 Å². The van der Waals surface area contributed by atoms with Crippen LogP contribution in [0.1, 0.15) is 20.3 Å². The van der Waals surface area contributed by atoms with Crippen LogP contribution in [0.3, 0.4) is 0 Å². The zero-order chi connectivity index (χ0) is 10.9. The summed E-state index contributed by atoms with van der Waals surface area (Å²) in [5.74, 6) is -0.986. The van der Waals surface area contributed by atoms with Crippen LogP contribution in [0.4, 0.5) is 4.79 Å². The molecule has 80 valence electrons. The number of likely N-dealkylation sites (tertiary alicyclic amines) is 1. The number of hydrogen-bond donors (Lipinski definition) is 2. The van der Waals surface area contributed by atoms with Gasteiger partial charge in [0.2, 0.25) is 0 Å². The normalized spacial score (nSPS) is 32.7. The Morgan fingerprint density at radius 2 is 2.00 bits per heavy atom. The minimum atomic E-state index is -0.968. The van der Waals surface area contributed by atoms with Gasteiger partial charge in [-0.15, -0.1) is 0 Å². The van der Waals surface area contributed by atoms with E-state index in [0.717, 1.165) is 0 Å². The van der Waals surface area contributed by atoms with Crippen LogP contribution < -0.4 is 0 Å². The van der Waals surface area contributed by atoms with Crippen LogP contribution in [-0.4, -0.2) is 40.3 Å². The molecule has 0 aliphatic carbocycles. The summed E-state index contributed by atoms with van der Waals surface area (Å²) in [6.07, 6.45) is -0.584. The monoisotopic (exact) mass is 201 g/mol. The fourth-order valence-corrected chi connectivity index (χ4v) is 1.73. The van der Waals surface area contributed by atoms with Gasteiger partial charge in [0, 0.05) is 13.1 Å². The summed E-state index contributed by atoms with van der Waals surface area (Å²) in [5, 5.41) is 17.8. The number of carboxylic acid groups (broad SMARTS) is 2. The van der Waals surface area contributed by atoms with Gasteiger partial charge in [0.25, 0.3) is 0 Å². The second kappa shape index (κ2) is 3.48. The molecule has 1 rings (SSSR count). The van der Waals surface area contributed by atoms with Gasteiger partial charge in [-0.1, -0.05) is 6.92 Å². The fraction of sp³-hybridized carbons (Fsp3) is 0.778. The number of nitrogens with zero attached hydrogens (tertiary/aromatic N) is 1. The van der Waals surface area contributed by atoms with Crippen LogP contribution in [0.25, 0.3) is 0 Å². The summed E-state index contributed by atoms with van der Waals surface area (Å²) in [7, 11) is 0. The highest BCUT2D eigenvalue weighted by Gasteiger charge is 2.43. The lowest BCUT2D eigenvalue weighted by atomic mass is 9.73. The molecule has 1 fully saturated rings. The van der Waals surface area contributed by atoms with E-state index < -0.39 is 17.5 Å². The Morgan fingerprint density at radius 3 is 2.36 bits per heavy atom. The Balaban J connectivity index is 2.74. The van der Waals surface area contributed by atoms with Crippen molar-refractivity contribution in [2.24, 2.45) is 11.3 Å². The van der Waals surface area contributed by atoms with E-state index >= 15 is 0 Å². The third-order valence-electron chi connectivity index (χ3n) is 3.24. The SMILES string of the molecule is CC1CN(C(=O)O)CCC1(C)C(=O)O. The smallest absolute Gasteiger partial charge is 0.407 e. The molecule has 1 aliphatic rings. The summed E-state index contributed by atoms with van der Waals surface area (Å²) in [5.41, 5.74) is -0.786. The molecule has 0 spiro atoms. The van der Waals surface area contributed by atoms with Crippen molar-refractivity contribution in [2.45, 2.75) is 20.3 Å². The van der Waals surface area contributed by atoms with E-state index in [0.29, 0.717) is 19.5 Å². The quantitative estimate of drug-likeness (QED) is 0.665. The van der Waals surface area contributed by atoms with Crippen molar-refractivity contribution in [3.63, 3.8) is 0 Å². The third kappa shape index (κ3) is 1.66. The number of aliphatic carboxylic acids is 1. The van der Waals surface area contributed by atoms with Crippen LogP contribution in [0.5, 0.6) is 0 Å². The number of amides is 1. The highest BCUT2D eigenvalue weighted by molar-refractivity contribution is 5.75. The summed E-state index contributed by atoms with van der Waals surface area (Å²) >= 11 is 0. The van der Waals surface area contributed by atoms with Gasteiger partial charge in [-0.05, 0) is 19.3 Å². The largest absolute Gasteiger partial charge is 0.481 e. The number of hydrogen-bond acceptors (Lipinski definition) is 2. The van der Waals surface area contributed by atoms with Gasteiger partial charge in [-0.3, -0.25) is 4.79 Å². The number of piperidine rings is 1. The Hall–Kier alpha value is -1.26. The molecule has 5 heteroatoms.